The number of fused-ring (bicyclic) bond motifs is 1. The first kappa shape index (κ1) is 21.6. The molecule has 3 aromatic rings. The highest BCUT2D eigenvalue weighted by atomic mass is 19.1. The molecule has 0 bridgehead atoms. The molecule has 0 radical (unpaired) electrons. The van der Waals surface area contributed by atoms with Crippen molar-refractivity contribution in [3.8, 4) is 11.3 Å². The number of halogens is 1. The summed E-state index contributed by atoms with van der Waals surface area (Å²) in [6.07, 6.45) is 2.24. The van der Waals surface area contributed by atoms with E-state index in [1.807, 2.05) is 36.1 Å². The van der Waals surface area contributed by atoms with Crippen LogP contribution in [0, 0.1) is 18.7 Å². The Kier molecular flexibility index (Phi) is 5.44. The van der Waals surface area contributed by atoms with E-state index in [0.29, 0.717) is 26.1 Å². The molecule has 0 unspecified atom stereocenters. The Balaban J connectivity index is 1.49. The number of nitrogens with zero attached hydrogens (tertiary/aromatic N) is 3. The number of hydrogen-bond donors (Lipinski definition) is 2. The minimum atomic E-state index is -0.943. The molecule has 2 aliphatic rings. The van der Waals surface area contributed by atoms with Gasteiger partial charge in [-0.05, 0) is 69.5 Å². The van der Waals surface area contributed by atoms with Crippen molar-refractivity contribution in [1.29, 1.82) is 0 Å². The van der Waals surface area contributed by atoms with Gasteiger partial charge in [0.25, 0.3) is 0 Å². The van der Waals surface area contributed by atoms with Gasteiger partial charge in [0.05, 0.1) is 18.1 Å². The monoisotopic (exact) mass is 448 g/mol. The number of imidazole rings is 1. The van der Waals surface area contributed by atoms with Gasteiger partial charge in [0.15, 0.2) is 0 Å². The molecule has 1 aliphatic heterocycles. The fourth-order valence-electron chi connectivity index (χ4n) is 4.99. The molecule has 172 valence electrons. The van der Waals surface area contributed by atoms with Crippen LogP contribution in [0.3, 0.4) is 0 Å². The molecule has 1 saturated carbocycles. The van der Waals surface area contributed by atoms with Crippen LogP contribution in [0.2, 0.25) is 0 Å². The average Bonchev–Trinajstić information content (AvgIpc) is 3.34. The predicted molar refractivity (Wildman–Crippen MR) is 125 cm³/mol. The van der Waals surface area contributed by atoms with Crippen LogP contribution in [0.15, 0.2) is 48.5 Å². The van der Waals surface area contributed by atoms with Gasteiger partial charge in [-0.1, -0.05) is 17.7 Å². The Bertz CT molecular complexity index is 1170. The van der Waals surface area contributed by atoms with Gasteiger partial charge in [0.2, 0.25) is 5.91 Å². The summed E-state index contributed by atoms with van der Waals surface area (Å²) < 4.78 is 15.7. The van der Waals surface area contributed by atoms with Crippen LogP contribution in [0.5, 0.6) is 0 Å². The number of carbonyl (C=O) groups is 1. The summed E-state index contributed by atoms with van der Waals surface area (Å²) in [6, 6.07) is 14.4. The average molecular weight is 449 g/mol. The molecule has 1 aliphatic carbocycles. The molecule has 0 spiro atoms. The van der Waals surface area contributed by atoms with E-state index in [-0.39, 0.29) is 17.6 Å². The Morgan fingerprint density at radius 1 is 1.15 bits per heavy atom. The normalized spacial score (nSPS) is 22.3. The van der Waals surface area contributed by atoms with Crippen LogP contribution in [0.1, 0.15) is 37.6 Å². The molecule has 1 aromatic heterocycles. The maximum absolute atomic E-state index is 13.6. The zero-order valence-electron chi connectivity index (χ0n) is 19.0. The standard InChI is InChI=1S/C26H29FN4O2/c1-17-5-11-20(12-6-17)28-24-23(18-7-9-19(27)10-8-18)29-22-16-30(14-15-31(22)24)25(32)21-4-3-13-26(21,2)33/h5-12,21,28,33H,3-4,13-16H2,1-2H3/t21-,26+/m1/s1. The first-order valence-electron chi connectivity index (χ1n) is 11.5. The fourth-order valence-corrected chi connectivity index (χ4v) is 4.99. The number of anilines is 2. The van der Waals surface area contributed by atoms with Crippen molar-refractivity contribution in [3.05, 3.63) is 65.7 Å². The van der Waals surface area contributed by atoms with E-state index >= 15 is 0 Å². The van der Waals surface area contributed by atoms with E-state index in [2.05, 4.69) is 9.88 Å². The molecule has 1 amide bonds. The van der Waals surface area contributed by atoms with Crippen molar-refractivity contribution >= 4 is 17.4 Å². The van der Waals surface area contributed by atoms with E-state index in [1.165, 1.54) is 17.7 Å². The lowest BCUT2D eigenvalue weighted by molar-refractivity contribution is -0.143. The SMILES string of the molecule is Cc1ccc(Nc2c(-c3ccc(F)cc3)nc3n2CCN(C(=O)[C@H]2CCC[C@]2(C)O)C3)cc1. The van der Waals surface area contributed by atoms with Crippen molar-refractivity contribution in [2.75, 3.05) is 11.9 Å². The van der Waals surface area contributed by atoms with E-state index < -0.39 is 5.60 Å². The van der Waals surface area contributed by atoms with Gasteiger partial charge in [-0.3, -0.25) is 4.79 Å². The van der Waals surface area contributed by atoms with Crippen LogP contribution < -0.4 is 5.32 Å². The number of carbonyl (C=O) groups excluding carboxylic acids is 1. The molecular formula is C26H29FN4O2. The van der Waals surface area contributed by atoms with E-state index in [4.69, 9.17) is 4.98 Å². The number of aryl methyl sites for hydroxylation is 1. The molecule has 5 rings (SSSR count). The molecular weight excluding hydrogens is 419 g/mol. The van der Waals surface area contributed by atoms with Crippen molar-refractivity contribution in [1.82, 2.24) is 14.5 Å². The molecule has 1 fully saturated rings. The summed E-state index contributed by atoms with van der Waals surface area (Å²) in [7, 11) is 0. The predicted octanol–water partition coefficient (Wildman–Crippen LogP) is 4.63. The highest BCUT2D eigenvalue weighted by Crippen LogP contribution is 2.38. The highest BCUT2D eigenvalue weighted by Gasteiger charge is 2.44. The molecule has 6 nitrogen and oxygen atoms in total. The summed E-state index contributed by atoms with van der Waals surface area (Å²) in [5.74, 6) is 0.960. The second-order valence-corrected chi connectivity index (χ2v) is 9.44. The van der Waals surface area contributed by atoms with E-state index in [1.54, 1.807) is 19.1 Å². The molecule has 2 N–H and O–H groups in total. The molecule has 33 heavy (non-hydrogen) atoms. The number of nitrogens with one attached hydrogen (secondary N) is 1. The number of aromatic nitrogens is 2. The van der Waals surface area contributed by atoms with Crippen LogP contribution >= 0.6 is 0 Å². The summed E-state index contributed by atoms with van der Waals surface area (Å²) in [5.41, 5.74) is 2.71. The first-order valence-corrected chi connectivity index (χ1v) is 11.5. The highest BCUT2D eigenvalue weighted by molar-refractivity contribution is 5.81. The van der Waals surface area contributed by atoms with Gasteiger partial charge in [-0.2, -0.15) is 0 Å². The van der Waals surface area contributed by atoms with Crippen molar-refractivity contribution in [2.45, 2.75) is 51.8 Å². The maximum atomic E-state index is 13.6. The largest absolute Gasteiger partial charge is 0.389 e. The molecule has 2 heterocycles. The summed E-state index contributed by atoms with van der Waals surface area (Å²) in [4.78, 5) is 19.9. The lowest BCUT2D eigenvalue weighted by Crippen LogP contribution is -2.46. The lowest BCUT2D eigenvalue weighted by Gasteiger charge is -2.34. The summed E-state index contributed by atoms with van der Waals surface area (Å²) >= 11 is 0. The lowest BCUT2D eigenvalue weighted by atomic mass is 9.91. The van der Waals surface area contributed by atoms with Crippen LogP contribution in [0.25, 0.3) is 11.3 Å². The van der Waals surface area contributed by atoms with Crippen LogP contribution in [0.4, 0.5) is 15.9 Å². The molecule has 2 atom stereocenters. The van der Waals surface area contributed by atoms with Gasteiger partial charge < -0.3 is 19.9 Å². The molecule has 2 aromatic carbocycles. The van der Waals surface area contributed by atoms with Gasteiger partial charge >= 0.3 is 0 Å². The van der Waals surface area contributed by atoms with E-state index in [9.17, 15) is 14.3 Å². The fraction of sp³-hybridized carbons (Fsp3) is 0.385. The number of hydrogen-bond acceptors (Lipinski definition) is 4. The number of rotatable bonds is 4. The Labute approximate surface area is 193 Å². The van der Waals surface area contributed by atoms with Gasteiger partial charge in [-0.25, -0.2) is 9.37 Å². The van der Waals surface area contributed by atoms with Gasteiger partial charge in [0, 0.05) is 24.3 Å². The summed E-state index contributed by atoms with van der Waals surface area (Å²) in [6.45, 7) is 5.35. The quantitative estimate of drug-likeness (QED) is 0.610. The van der Waals surface area contributed by atoms with Crippen molar-refractivity contribution in [2.24, 2.45) is 5.92 Å². The maximum Gasteiger partial charge on any atom is 0.229 e. The minimum Gasteiger partial charge on any atom is -0.389 e. The molecule has 7 heteroatoms. The van der Waals surface area contributed by atoms with Crippen molar-refractivity contribution < 1.29 is 14.3 Å². The van der Waals surface area contributed by atoms with Crippen molar-refractivity contribution in [3.63, 3.8) is 0 Å². The third kappa shape index (κ3) is 4.13. The van der Waals surface area contributed by atoms with Gasteiger partial charge in [-0.15, -0.1) is 0 Å². The number of aliphatic hydroxyl groups is 1. The van der Waals surface area contributed by atoms with Gasteiger partial charge in [0.1, 0.15) is 23.2 Å². The number of benzene rings is 2. The third-order valence-electron chi connectivity index (χ3n) is 6.94. The second kappa shape index (κ2) is 8.30. The first-order chi connectivity index (χ1) is 15.8. The van der Waals surface area contributed by atoms with Crippen LogP contribution in [-0.4, -0.2) is 37.6 Å². The minimum absolute atomic E-state index is 0.00289. The number of amides is 1. The Morgan fingerprint density at radius 3 is 2.55 bits per heavy atom. The Morgan fingerprint density at radius 2 is 1.88 bits per heavy atom. The van der Waals surface area contributed by atoms with Crippen LogP contribution in [-0.2, 0) is 17.9 Å². The second-order valence-electron chi connectivity index (χ2n) is 9.44. The third-order valence-corrected chi connectivity index (χ3v) is 6.94. The Hall–Kier alpha value is -3.19. The van der Waals surface area contributed by atoms with E-state index in [0.717, 1.165) is 41.4 Å². The topological polar surface area (TPSA) is 70.4 Å². The summed E-state index contributed by atoms with van der Waals surface area (Å²) in [5, 5.41) is 14.1. The zero-order valence-corrected chi connectivity index (χ0v) is 19.0. The smallest absolute Gasteiger partial charge is 0.229 e. The molecule has 0 saturated heterocycles. The zero-order chi connectivity index (χ0) is 23.2.